The molecule has 0 heterocycles. The molecular weight excluding hydrogens is 258 g/mol. The lowest BCUT2D eigenvalue weighted by atomic mass is 10.1. The minimum Gasteiger partial charge on any atom is -0.489 e. The molecule has 0 radical (unpaired) electrons. The molecule has 2 N–H and O–H groups in total. The number of halogens is 1. The first kappa shape index (κ1) is 13.9. The van der Waals surface area contributed by atoms with Crippen molar-refractivity contribution in [2.24, 2.45) is 5.73 Å². The Bertz CT molecular complexity index is 513. The summed E-state index contributed by atoms with van der Waals surface area (Å²) in [5.41, 5.74) is 7.83. The van der Waals surface area contributed by atoms with Crippen LogP contribution in [-0.4, -0.2) is 6.54 Å². The molecule has 2 rings (SSSR count). The summed E-state index contributed by atoms with van der Waals surface area (Å²) >= 11 is 6.03. The number of hydrogen-bond donors (Lipinski definition) is 1. The van der Waals surface area contributed by atoms with Gasteiger partial charge in [0.15, 0.2) is 0 Å². The molecule has 0 fully saturated rings. The lowest BCUT2D eigenvalue weighted by Crippen LogP contribution is -2.03. The van der Waals surface area contributed by atoms with Crippen LogP contribution in [0.3, 0.4) is 0 Å². The second-order valence-corrected chi connectivity index (χ2v) is 4.85. The quantitative estimate of drug-likeness (QED) is 0.870. The van der Waals surface area contributed by atoms with Crippen LogP contribution >= 0.6 is 11.6 Å². The maximum atomic E-state index is 6.03. The lowest BCUT2D eigenvalue weighted by Gasteiger charge is -2.12. The fourth-order valence-electron chi connectivity index (χ4n) is 1.91. The third kappa shape index (κ3) is 4.27. The van der Waals surface area contributed by atoms with Gasteiger partial charge in [0, 0.05) is 5.02 Å². The molecule has 0 saturated carbocycles. The van der Waals surface area contributed by atoms with Crippen LogP contribution in [0.15, 0.2) is 48.5 Å². The second-order valence-electron chi connectivity index (χ2n) is 4.42. The molecule has 19 heavy (non-hydrogen) atoms. The van der Waals surface area contributed by atoms with Crippen molar-refractivity contribution in [1.29, 1.82) is 0 Å². The Morgan fingerprint density at radius 2 is 1.84 bits per heavy atom. The zero-order valence-corrected chi connectivity index (χ0v) is 11.6. The second kappa shape index (κ2) is 7.17. The zero-order valence-electron chi connectivity index (χ0n) is 10.8. The SMILES string of the molecule is NCCCc1cc(Cl)ccc1OCc1ccccc1. The third-order valence-corrected chi connectivity index (χ3v) is 3.15. The summed E-state index contributed by atoms with van der Waals surface area (Å²) in [6.45, 7) is 1.24. The smallest absolute Gasteiger partial charge is 0.123 e. The van der Waals surface area contributed by atoms with E-state index >= 15 is 0 Å². The van der Waals surface area contributed by atoms with E-state index in [4.69, 9.17) is 22.1 Å². The molecule has 0 atom stereocenters. The van der Waals surface area contributed by atoms with Crippen molar-refractivity contribution in [2.45, 2.75) is 19.4 Å². The predicted molar refractivity (Wildman–Crippen MR) is 79.6 cm³/mol. The Kier molecular flexibility index (Phi) is 5.25. The minimum absolute atomic E-state index is 0.568. The summed E-state index contributed by atoms with van der Waals surface area (Å²) in [5, 5.41) is 0.735. The maximum absolute atomic E-state index is 6.03. The molecule has 2 aromatic carbocycles. The van der Waals surface area contributed by atoms with E-state index < -0.39 is 0 Å². The molecule has 0 aromatic heterocycles. The van der Waals surface area contributed by atoms with Gasteiger partial charge in [-0.05, 0) is 48.7 Å². The number of hydrogen-bond acceptors (Lipinski definition) is 2. The number of aryl methyl sites for hydroxylation is 1. The van der Waals surface area contributed by atoms with Gasteiger partial charge >= 0.3 is 0 Å². The highest BCUT2D eigenvalue weighted by atomic mass is 35.5. The summed E-state index contributed by atoms with van der Waals surface area (Å²) in [5.74, 6) is 0.890. The highest BCUT2D eigenvalue weighted by molar-refractivity contribution is 6.30. The highest BCUT2D eigenvalue weighted by Crippen LogP contribution is 2.25. The molecule has 0 spiro atoms. The Hall–Kier alpha value is -1.51. The summed E-state index contributed by atoms with van der Waals surface area (Å²) in [4.78, 5) is 0. The third-order valence-electron chi connectivity index (χ3n) is 2.91. The maximum Gasteiger partial charge on any atom is 0.123 e. The van der Waals surface area contributed by atoms with Crippen molar-refractivity contribution >= 4 is 11.6 Å². The van der Waals surface area contributed by atoms with Gasteiger partial charge in [-0.25, -0.2) is 0 Å². The molecule has 2 nitrogen and oxygen atoms in total. The van der Waals surface area contributed by atoms with Crippen LogP contribution in [0.25, 0.3) is 0 Å². The van der Waals surface area contributed by atoms with Crippen LogP contribution < -0.4 is 10.5 Å². The van der Waals surface area contributed by atoms with E-state index in [1.165, 1.54) is 0 Å². The predicted octanol–water partition coefficient (Wildman–Crippen LogP) is 3.81. The summed E-state index contributed by atoms with van der Waals surface area (Å²) in [7, 11) is 0. The standard InChI is InChI=1S/C16H18ClNO/c17-15-8-9-16(14(11-15)7-4-10-18)19-12-13-5-2-1-3-6-13/h1-3,5-6,8-9,11H,4,7,10,12,18H2. The van der Waals surface area contributed by atoms with Gasteiger partial charge in [-0.15, -0.1) is 0 Å². The Balaban J connectivity index is 2.06. The van der Waals surface area contributed by atoms with Gasteiger partial charge in [0.1, 0.15) is 12.4 Å². The van der Waals surface area contributed by atoms with E-state index in [1.807, 2.05) is 36.4 Å². The monoisotopic (exact) mass is 275 g/mol. The fourth-order valence-corrected chi connectivity index (χ4v) is 2.11. The van der Waals surface area contributed by atoms with Crippen molar-refractivity contribution in [1.82, 2.24) is 0 Å². The van der Waals surface area contributed by atoms with Gasteiger partial charge in [-0.2, -0.15) is 0 Å². The molecule has 0 aliphatic heterocycles. The Morgan fingerprint density at radius 1 is 1.05 bits per heavy atom. The van der Waals surface area contributed by atoms with E-state index in [9.17, 15) is 0 Å². The van der Waals surface area contributed by atoms with E-state index in [2.05, 4.69) is 12.1 Å². The van der Waals surface area contributed by atoms with E-state index in [0.717, 1.165) is 34.7 Å². The average Bonchev–Trinajstić information content (AvgIpc) is 2.45. The fraction of sp³-hybridized carbons (Fsp3) is 0.250. The lowest BCUT2D eigenvalue weighted by molar-refractivity contribution is 0.303. The first-order valence-corrected chi connectivity index (χ1v) is 6.82. The molecule has 100 valence electrons. The molecule has 0 amide bonds. The van der Waals surface area contributed by atoms with E-state index in [1.54, 1.807) is 0 Å². The first-order chi connectivity index (χ1) is 9.29. The average molecular weight is 276 g/mol. The van der Waals surface area contributed by atoms with Crippen molar-refractivity contribution in [2.75, 3.05) is 6.54 Å². The van der Waals surface area contributed by atoms with Crippen LogP contribution in [0.2, 0.25) is 5.02 Å². The van der Waals surface area contributed by atoms with Gasteiger partial charge in [-0.1, -0.05) is 41.9 Å². The largest absolute Gasteiger partial charge is 0.489 e. The number of rotatable bonds is 6. The van der Waals surface area contributed by atoms with E-state index in [-0.39, 0.29) is 0 Å². The number of nitrogens with two attached hydrogens (primary N) is 1. The molecule has 0 unspecified atom stereocenters. The van der Waals surface area contributed by atoms with Gasteiger partial charge in [0.25, 0.3) is 0 Å². The summed E-state index contributed by atoms with van der Waals surface area (Å²) < 4.78 is 5.88. The Labute approximate surface area is 119 Å². The van der Waals surface area contributed by atoms with Crippen molar-refractivity contribution in [3.05, 3.63) is 64.7 Å². The van der Waals surface area contributed by atoms with Gasteiger partial charge in [-0.3, -0.25) is 0 Å². The van der Waals surface area contributed by atoms with Gasteiger partial charge in [0.2, 0.25) is 0 Å². The minimum atomic E-state index is 0.568. The molecule has 0 aliphatic carbocycles. The molecule has 0 saturated heterocycles. The Morgan fingerprint density at radius 3 is 2.58 bits per heavy atom. The molecule has 2 aromatic rings. The number of benzene rings is 2. The molecule has 0 bridgehead atoms. The topological polar surface area (TPSA) is 35.2 Å². The van der Waals surface area contributed by atoms with Gasteiger partial charge in [0.05, 0.1) is 0 Å². The van der Waals surface area contributed by atoms with Gasteiger partial charge < -0.3 is 10.5 Å². The van der Waals surface area contributed by atoms with Crippen LogP contribution in [0.1, 0.15) is 17.5 Å². The van der Waals surface area contributed by atoms with Crippen molar-refractivity contribution in [3.8, 4) is 5.75 Å². The van der Waals surface area contributed by atoms with Crippen LogP contribution in [-0.2, 0) is 13.0 Å². The zero-order chi connectivity index (χ0) is 13.5. The highest BCUT2D eigenvalue weighted by Gasteiger charge is 2.05. The first-order valence-electron chi connectivity index (χ1n) is 6.45. The van der Waals surface area contributed by atoms with Crippen LogP contribution in [0.4, 0.5) is 0 Å². The molecular formula is C16H18ClNO. The summed E-state index contributed by atoms with van der Waals surface area (Å²) in [6, 6.07) is 15.9. The van der Waals surface area contributed by atoms with E-state index in [0.29, 0.717) is 13.2 Å². The summed E-state index contributed by atoms with van der Waals surface area (Å²) in [6.07, 6.45) is 1.82. The van der Waals surface area contributed by atoms with Crippen molar-refractivity contribution < 1.29 is 4.74 Å². The molecule has 3 heteroatoms. The van der Waals surface area contributed by atoms with Crippen LogP contribution in [0.5, 0.6) is 5.75 Å². The molecule has 0 aliphatic rings. The van der Waals surface area contributed by atoms with Crippen LogP contribution in [0, 0.1) is 0 Å². The number of ether oxygens (including phenoxy) is 1. The van der Waals surface area contributed by atoms with Crippen molar-refractivity contribution in [3.63, 3.8) is 0 Å². The normalized spacial score (nSPS) is 10.4.